The molecule has 0 radical (unpaired) electrons. The molecule has 0 unspecified atom stereocenters. The molecule has 4 nitrogen and oxygen atoms in total. The zero-order valence-electron chi connectivity index (χ0n) is 8.03. The summed E-state index contributed by atoms with van der Waals surface area (Å²) in [5.41, 5.74) is 0.963. The van der Waals surface area contributed by atoms with Gasteiger partial charge in [-0.3, -0.25) is 4.79 Å². The van der Waals surface area contributed by atoms with E-state index in [0.29, 0.717) is 5.56 Å². The molecule has 0 bridgehead atoms. The van der Waals surface area contributed by atoms with Crippen molar-refractivity contribution in [3.63, 3.8) is 0 Å². The number of nitrogens with two attached hydrogens (primary N) is 1. The summed E-state index contributed by atoms with van der Waals surface area (Å²) in [6, 6.07) is 4.13. The van der Waals surface area contributed by atoms with E-state index in [1.165, 1.54) is 18.2 Å². The number of aryl methyl sites for hydroxylation is 1. The van der Waals surface area contributed by atoms with E-state index in [2.05, 4.69) is 0 Å². The van der Waals surface area contributed by atoms with Crippen LogP contribution < -0.4 is 5.14 Å². The molecule has 0 aliphatic heterocycles. The average molecular weight is 248 g/mol. The van der Waals surface area contributed by atoms with Crippen LogP contribution in [0.1, 0.15) is 15.9 Å². The van der Waals surface area contributed by atoms with Gasteiger partial charge in [-0.25, -0.2) is 13.6 Å². The molecule has 0 heterocycles. The molecule has 1 aromatic carbocycles. The molecule has 0 atom stereocenters. The molecule has 6 heteroatoms. The Morgan fingerprint density at radius 2 is 2.07 bits per heavy atom. The Hall–Kier alpha value is -0.910. The van der Waals surface area contributed by atoms with Crippen molar-refractivity contribution in [3.8, 4) is 0 Å². The molecule has 0 spiro atoms. The topological polar surface area (TPSA) is 77.2 Å². The van der Waals surface area contributed by atoms with Gasteiger partial charge in [-0.2, -0.15) is 0 Å². The van der Waals surface area contributed by atoms with Gasteiger partial charge in [-0.15, -0.1) is 11.6 Å². The molecule has 0 aliphatic rings. The van der Waals surface area contributed by atoms with Crippen LogP contribution in [0.15, 0.2) is 23.1 Å². The second-order valence-corrected chi connectivity index (χ2v) is 4.91. The smallest absolute Gasteiger partial charge is 0.238 e. The fourth-order valence-electron chi connectivity index (χ4n) is 1.15. The zero-order chi connectivity index (χ0) is 11.6. The van der Waals surface area contributed by atoms with Crippen molar-refractivity contribution in [1.82, 2.24) is 0 Å². The van der Waals surface area contributed by atoms with E-state index in [1.807, 2.05) is 0 Å². The lowest BCUT2D eigenvalue weighted by atomic mass is 10.1. The summed E-state index contributed by atoms with van der Waals surface area (Å²) in [7, 11) is -3.78. The van der Waals surface area contributed by atoms with Crippen molar-refractivity contribution in [2.24, 2.45) is 5.14 Å². The van der Waals surface area contributed by atoms with E-state index in [-0.39, 0.29) is 22.1 Å². The highest BCUT2D eigenvalue weighted by Crippen LogP contribution is 2.15. The minimum Gasteiger partial charge on any atom is -0.293 e. The Morgan fingerprint density at radius 1 is 1.47 bits per heavy atom. The van der Waals surface area contributed by atoms with Crippen LogP contribution in [0.5, 0.6) is 0 Å². The third kappa shape index (κ3) is 2.77. The average Bonchev–Trinajstić information content (AvgIpc) is 2.15. The van der Waals surface area contributed by atoms with Gasteiger partial charge in [0.15, 0.2) is 5.78 Å². The van der Waals surface area contributed by atoms with Crippen LogP contribution in [0.4, 0.5) is 0 Å². The summed E-state index contributed by atoms with van der Waals surface area (Å²) in [6.07, 6.45) is 0. The SMILES string of the molecule is Cc1ccc(S(N)(=O)=O)cc1C(=O)CCl. The van der Waals surface area contributed by atoms with Crippen molar-refractivity contribution in [3.05, 3.63) is 29.3 Å². The number of primary sulfonamides is 1. The van der Waals surface area contributed by atoms with Gasteiger partial charge in [0, 0.05) is 5.56 Å². The highest BCUT2D eigenvalue weighted by molar-refractivity contribution is 7.89. The number of hydrogen-bond donors (Lipinski definition) is 1. The van der Waals surface area contributed by atoms with Gasteiger partial charge in [0.2, 0.25) is 10.0 Å². The number of carbonyl (C=O) groups excluding carboxylic acids is 1. The molecule has 0 saturated heterocycles. The Labute approximate surface area is 93.1 Å². The summed E-state index contributed by atoms with van der Waals surface area (Å²) in [4.78, 5) is 11.3. The number of Topliss-reactive ketones (excluding diaryl/α,β-unsaturated/α-hetero) is 1. The second kappa shape index (κ2) is 4.30. The monoisotopic (exact) mass is 247 g/mol. The van der Waals surface area contributed by atoms with Crippen LogP contribution in [-0.4, -0.2) is 20.1 Å². The van der Waals surface area contributed by atoms with Crippen LogP contribution in [0.2, 0.25) is 0 Å². The molecule has 15 heavy (non-hydrogen) atoms. The first-order chi connectivity index (χ1) is 6.86. The fraction of sp³-hybridized carbons (Fsp3) is 0.222. The van der Waals surface area contributed by atoms with E-state index in [4.69, 9.17) is 16.7 Å². The molecule has 0 aliphatic carbocycles. The Bertz CT molecular complexity index is 496. The number of sulfonamides is 1. The highest BCUT2D eigenvalue weighted by Gasteiger charge is 2.13. The molecule has 0 aromatic heterocycles. The number of alkyl halides is 1. The predicted octanol–water partition coefficient (Wildman–Crippen LogP) is 1.06. The molecule has 1 rings (SSSR count). The Morgan fingerprint density at radius 3 is 2.53 bits per heavy atom. The molecule has 2 N–H and O–H groups in total. The molecule has 0 amide bonds. The van der Waals surface area contributed by atoms with Gasteiger partial charge >= 0.3 is 0 Å². The minimum atomic E-state index is -3.78. The van der Waals surface area contributed by atoms with Crippen molar-refractivity contribution in [2.45, 2.75) is 11.8 Å². The van der Waals surface area contributed by atoms with Gasteiger partial charge in [-0.05, 0) is 24.6 Å². The van der Waals surface area contributed by atoms with E-state index >= 15 is 0 Å². The normalized spacial score (nSPS) is 11.4. The van der Waals surface area contributed by atoms with E-state index < -0.39 is 10.0 Å². The fourth-order valence-corrected chi connectivity index (χ4v) is 1.83. The number of halogens is 1. The van der Waals surface area contributed by atoms with E-state index in [0.717, 1.165) is 0 Å². The maximum atomic E-state index is 11.3. The Kier molecular flexibility index (Phi) is 3.49. The maximum Gasteiger partial charge on any atom is 0.238 e. The first-order valence-corrected chi connectivity index (χ1v) is 6.17. The molecular formula is C9H10ClNO3S. The number of ketones is 1. The molecule has 0 fully saturated rings. The van der Waals surface area contributed by atoms with Crippen molar-refractivity contribution in [2.75, 3.05) is 5.88 Å². The summed E-state index contributed by atoms with van der Waals surface area (Å²) < 4.78 is 22.1. The summed E-state index contributed by atoms with van der Waals surface area (Å²) in [6.45, 7) is 1.70. The van der Waals surface area contributed by atoms with Crippen molar-refractivity contribution < 1.29 is 13.2 Å². The van der Waals surface area contributed by atoms with Gasteiger partial charge in [-0.1, -0.05) is 6.07 Å². The lowest BCUT2D eigenvalue weighted by molar-refractivity contribution is 0.102. The van der Waals surface area contributed by atoms with Gasteiger partial charge in [0.25, 0.3) is 0 Å². The number of hydrogen-bond acceptors (Lipinski definition) is 3. The largest absolute Gasteiger partial charge is 0.293 e. The quantitative estimate of drug-likeness (QED) is 0.641. The van der Waals surface area contributed by atoms with Gasteiger partial charge < -0.3 is 0 Å². The van der Waals surface area contributed by atoms with Crippen LogP contribution in [-0.2, 0) is 10.0 Å². The first-order valence-electron chi connectivity index (χ1n) is 4.09. The van der Waals surface area contributed by atoms with Gasteiger partial charge in [0.05, 0.1) is 10.8 Å². The summed E-state index contributed by atoms with van der Waals surface area (Å²) in [5.74, 6) is -0.505. The number of benzene rings is 1. The number of carbonyl (C=O) groups is 1. The van der Waals surface area contributed by atoms with Crippen molar-refractivity contribution >= 4 is 27.4 Å². The third-order valence-electron chi connectivity index (χ3n) is 1.96. The third-order valence-corrected chi connectivity index (χ3v) is 3.11. The summed E-state index contributed by atoms with van der Waals surface area (Å²) in [5, 5.41) is 4.95. The molecule has 1 aromatic rings. The predicted molar refractivity (Wildman–Crippen MR) is 57.6 cm³/mol. The number of rotatable bonds is 3. The van der Waals surface area contributed by atoms with Crippen LogP contribution in [0.25, 0.3) is 0 Å². The summed E-state index contributed by atoms with van der Waals surface area (Å²) >= 11 is 5.39. The standard InChI is InChI=1S/C9H10ClNO3S/c1-6-2-3-7(15(11,13)14)4-8(6)9(12)5-10/h2-4H,5H2,1H3,(H2,11,13,14). The lowest BCUT2D eigenvalue weighted by Gasteiger charge is -2.05. The molecule has 0 saturated carbocycles. The Balaban J connectivity index is 3.36. The second-order valence-electron chi connectivity index (χ2n) is 3.08. The first kappa shape index (κ1) is 12.2. The maximum absolute atomic E-state index is 11.3. The lowest BCUT2D eigenvalue weighted by Crippen LogP contribution is -2.14. The van der Waals surface area contributed by atoms with Crippen LogP contribution in [0.3, 0.4) is 0 Å². The molecular weight excluding hydrogens is 238 g/mol. The van der Waals surface area contributed by atoms with Crippen LogP contribution in [0, 0.1) is 6.92 Å². The zero-order valence-corrected chi connectivity index (χ0v) is 9.60. The van der Waals surface area contributed by atoms with Gasteiger partial charge in [0.1, 0.15) is 0 Å². The van der Waals surface area contributed by atoms with Crippen molar-refractivity contribution in [1.29, 1.82) is 0 Å². The van der Waals surface area contributed by atoms with E-state index in [9.17, 15) is 13.2 Å². The van der Waals surface area contributed by atoms with Crippen LogP contribution >= 0.6 is 11.6 Å². The van der Waals surface area contributed by atoms with E-state index in [1.54, 1.807) is 6.92 Å². The molecule has 82 valence electrons. The highest BCUT2D eigenvalue weighted by atomic mass is 35.5. The minimum absolute atomic E-state index is 0.0819.